The maximum atomic E-state index is 5.40. The number of rotatable bonds is 3. The molecule has 1 aliphatic heterocycles. The molecule has 0 saturated carbocycles. The molecule has 0 aliphatic carbocycles. The highest BCUT2D eigenvalue weighted by molar-refractivity contribution is 5.72. The van der Waals surface area contributed by atoms with E-state index in [4.69, 9.17) is 9.47 Å². The Morgan fingerprint density at radius 2 is 2.21 bits per heavy atom. The van der Waals surface area contributed by atoms with Crippen LogP contribution in [-0.2, 0) is 9.47 Å². The molecule has 5 heteroatoms. The van der Waals surface area contributed by atoms with Crippen molar-refractivity contribution < 1.29 is 9.47 Å². The van der Waals surface area contributed by atoms with Crippen LogP contribution in [0.3, 0.4) is 0 Å². The van der Waals surface area contributed by atoms with Crippen molar-refractivity contribution in [2.75, 3.05) is 53.6 Å². The number of ether oxygens (including phenoxy) is 2. The summed E-state index contributed by atoms with van der Waals surface area (Å²) in [6.45, 7) is 5.28. The number of amidine groups is 1. The molecule has 1 N–H and O–H groups in total. The number of nitrogens with one attached hydrogen (secondary N) is 1. The van der Waals surface area contributed by atoms with E-state index in [9.17, 15) is 0 Å². The molecule has 5 nitrogen and oxygen atoms in total. The molecular weight excluding hydrogens is 182 g/mol. The standard InChI is InChI=1S/C9H19N3O2/c1-10-9(11-2)14-8-5-12-3-6-13-7-4-12/h3-8H2,1-2H3,(H,10,11). The maximum Gasteiger partial charge on any atom is 0.284 e. The molecule has 1 saturated heterocycles. The molecule has 0 atom stereocenters. The van der Waals surface area contributed by atoms with Crippen LogP contribution in [-0.4, -0.2) is 64.5 Å². The van der Waals surface area contributed by atoms with E-state index < -0.39 is 0 Å². The lowest BCUT2D eigenvalue weighted by Gasteiger charge is -2.26. The van der Waals surface area contributed by atoms with Gasteiger partial charge in [0.1, 0.15) is 6.61 Å². The average molecular weight is 201 g/mol. The Bertz CT molecular complexity index is 179. The first kappa shape index (κ1) is 11.3. The first-order valence-corrected chi connectivity index (χ1v) is 4.94. The number of nitrogens with zero attached hydrogens (tertiary/aromatic N) is 2. The molecule has 0 aromatic carbocycles. The first-order valence-electron chi connectivity index (χ1n) is 4.94. The van der Waals surface area contributed by atoms with Crippen molar-refractivity contribution in [3.8, 4) is 0 Å². The van der Waals surface area contributed by atoms with Gasteiger partial charge in [-0.25, -0.2) is 4.99 Å². The van der Waals surface area contributed by atoms with Crippen molar-refractivity contribution >= 4 is 6.02 Å². The zero-order valence-corrected chi connectivity index (χ0v) is 8.95. The minimum Gasteiger partial charge on any atom is -0.464 e. The van der Waals surface area contributed by atoms with Gasteiger partial charge in [-0.05, 0) is 0 Å². The van der Waals surface area contributed by atoms with E-state index >= 15 is 0 Å². The third kappa shape index (κ3) is 3.93. The summed E-state index contributed by atoms with van der Waals surface area (Å²) in [6, 6.07) is 0.596. The highest BCUT2D eigenvalue weighted by Crippen LogP contribution is 1.95. The van der Waals surface area contributed by atoms with Gasteiger partial charge < -0.3 is 14.8 Å². The second kappa shape index (κ2) is 6.62. The summed E-state index contributed by atoms with van der Waals surface area (Å²) in [6.07, 6.45) is 0. The average Bonchev–Trinajstić information content (AvgIpc) is 2.26. The van der Waals surface area contributed by atoms with Crippen molar-refractivity contribution in [1.82, 2.24) is 10.2 Å². The van der Waals surface area contributed by atoms with E-state index in [2.05, 4.69) is 15.2 Å². The van der Waals surface area contributed by atoms with Gasteiger partial charge in [0.05, 0.1) is 13.2 Å². The topological polar surface area (TPSA) is 46.1 Å². The molecule has 0 amide bonds. The van der Waals surface area contributed by atoms with Gasteiger partial charge in [0, 0.05) is 33.7 Å². The zero-order valence-electron chi connectivity index (χ0n) is 8.95. The second-order valence-electron chi connectivity index (χ2n) is 3.08. The van der Waals surface area contributed by atoms with Gasteiger partial charge >= 0.3 is 0 Å². The predicted octanol–water partition coefficient (Wildman–Crippen LogP) is -0.460. The molecular formula is C9H19N3O2. The maximum absolute atomic E-state index is 5.40. The molecule has 82 valence electrons. The third-order valence-corrected chi connectivity index (χ3v) is 2.17. The van der Waals surface area contributed by atoms with Gasteiger partial charge in [-0.2, -0.15) is 0 Å². The molecule has 0 radical (unpaired) electrons. The molecule has 1 fully saturated rings. The Morgan fingerprint density at radius 1 is 1.50 bits per heavy atom. The quantitative estimate of drug-likeness (QED) is 0.496. The zero-order chi connectivity index (χ0) is 10.2. The minimum atomic E-state index is 0.596. The highest BCUT2D eigenvalue weighted by atomic mass is 16.5. The van der Waals surface area contributed by atoms with Crippen molar-refractivity contribution in [3.05, 3.63) is 0 Å². The molecule has 1 rings (SSSR count). The predicted molar refractivity (Wildman–Crippen MR) is 55.6 cm³/mol. The van der Waals surface area contributed by atoms with Crippen molar-refractivity contribution in [2.24, 2.45) is 4.99 Å². The fraction of sp³-hybridized carbons (Fsp3) is 0.889. The summed E-state index contributed by atoms with van der Waals surface area (Å²) < 4.78 is 10.7. The minimum absolute atomic E-state index is 0.596. The van der Waals surface area contributed by atoms with Gasteiger partial charge in [0.2, 0.25) is 0 Å². The highest BCUT2D eigenvalue weighted by Gasteiger charge is 2.09. The van der Waals surface area contributed by atoms with Gasteiger partial charge in [-0.3, -0.25) is 4.90 Å². The molecule has 1 heterocycles. The Morgan fingerprint density at radius 3 is 2.79 bits per heavy atom. The molecule has 0 unspecified atom stereocenters. The third-order valence-electron chi connectivity index (χ3n) is 2.17. The lowest BCUT2D eigenvalue weighted by molar-refractivity contribution is 0.0312. The van der Waals surface area contributed by atoms with Crippen LogP contribution >= 0.6 is 0 Å². The normalized spacial score (nSPS) is 19.4. The molecule has 0 aromatic rings. The number of hydrogen-bond acceptors (Lipinski definition) is 4. The molecule has 1 aliphatic rings. The number of aliphatic imine (C=N–C) groups is 1. The molecule has 14 heavy (non-hydrogen) atoms. The van der Waals surface area contributed by atoms with E-state index in [1.54, 1.807) is 14.1 Å². The molecule has 0 aromatic heterocycles. The van der Waals surface area contributed by atoms with E-state index in [1.807, 2.05) is 0 Å². The summed E-state index contributed by atoms with van der Waals surface area (Å²) in [5.41, 5.74) is 0. The van der Waals surface area contributed by atoms with Crippen LogP contribution in [0.4, 0.5) is 0 Å². The van der Waals surface area contributed by atoms with Crippen LogP contribution in [0.5, 0.6) is 0 Å². The van der Waals surface area contributed by atoms with Crippen molar-refractivity contribution in [3.63, 3.8) is 0 Å². The summed E-state index contributed by atoms with van der Waals surface area (Å²) in [4.78, 5) is 6.26. The lowest BCUT2D eigenvalue weighted by atomic mass is 10.4. The monoisotopic (exact) mass is 201 g/mol. The SMILES string of the molecule is C/N=C(\NC)OCCN1CCOCC1. The van der Waals surface area contributed by atoms with Gasteiger partial charge in [-0.15, -0.1) is 0 Å². The van der Waals surface area contributed by atoms with Crippen LogP contribution < -0.4 is 5.32 Å². The Hall–Kier alpha value is -0.810. The van der Waals surface area contributed by atoms with Crippen LogP contribution in [0.1, 0.15) is 0 Å². The Balaban J connectivity index is 2.07. The number of morpholine rings is 1. The van der Waals surface area contributed by atoms with Crippen molar-refractivity contribution in [2.45, 2.75) is 0 Å². The molecule has 0 spiro atoms. The smallest absolute Gasteiger partial charge is 0.284 e. The van der Waals surface area contributed by atoms with E-state index in [0.29, 0.717) is 12.6 Å². The number of hydrogen-bond donors (Lipinski definition) is 1. The summed E-state index contributed by atoms with van der Waals surface area (Å²) >= 11 is 0. The summed E-state index contributed by atoms with van der Waals surface area (Å²) in [5, 5.41) is 2.87. The fourth-order valence-corrected chi connectivity index (χ4v) is 1.34. The van der Waals surface area contributed by atoms with Crippen LogP contribution in [0.15, 0.2) is 4.99 Å². The first-order chi connectivity index (χ1) is 6.86. The van der Waals surface area contributed by atoms with Gasteiger partial charge in [-0.1, -0.05) is 0 Å². The van der Waals surface area contributed by atoms with Gasteiger partial charge in [0.15, 0.2) is 0 Å². The van der Waals surface area contributed by atoms with Crippen LogP contribution in [0, 0.1) is 0 Å². The molecule has 0 bridgehead atoms. The Kier molecular flexibility index (Phi) is 5.32. The summed E-state index contributed by atoms with van der Waals surface area (Å²) in [7, 11) is 3.51. The van der Waals surface area contributed by atoms with Crippen LogP contribution in [0.25, 0.3) is 0 Å². The fourth-order valence-electron chi connectivity index (χ4n) is 1.34. The van der Waals surface area contributed by atoms with Gasteiger partial charge in [0.25, 0.3) is 6.02 Å². The van der Waals surface area contributed by atoms with E-state index in [0.717, 1.165) is 32.8 Å². The summed E-state index contributed by atoms with van der Waals surface area (Å²) in [5.74, 6) is 0. The van der Waals surface area contributed by atoms with Crippen LogP contribution in [0.2, 0.25) is 0 Å². The largest absolute Gasteiger partial charge is 0.464 e. The lowest BCUT2D eigenvalue weighted by Crippen LogP contribution is -2.39. The second-order valence-corrected chi connectivity index (χ2v) is 3.08. The van der Waals surface area contributed by atoms with E-state index in [-0.39, 0.29) is 0 Å². The Labute approximate surface area is 85.1 Å². The van der Waals surface area contributed by atoms with Crippen molar-refractivity contribution in [1.29, 1.82) is 0 Å². The van der Waals surface area contributed by atoms with E-state index in [1.165, 1.54) is 0 Å².